The highest BCUT2D eigenvalue weighted by Crippen LogP contribution is 2.18. The monoisotopic (exact) mass is 307 g/mol. The number of benzene rings is 1. The Hall–Kier alpha value is -2.04. The summed E-state index contributed by atoms with van der Waals surface area (Å²) in [6.07, 6.45) is 1.59. The van der Waals surface area contributed by atoms with Crippen LogP contribution >= 0.6 is 0 Å². The van der Waals surface area contributed by atoms with Crippen molar-refractivity contribution in [1.82, 2.24) is 5.32 Å². The van der Waals surface area contributed by atoms with Crippen molar-refractivity contribution in [1.29, 1.82) is 0 Å². The number of carbonyl (C=O) groups excluding carboxylic acids is 1. The Bertz CT molecular complexity index is 468. The zero-order valence-corrected chi connectivity index (χ0v) is 13.3. The van der Waals surface area contributed by atoms with Gasteiger partial charge in [-0.3, -0.25) is 9.59 Å². The minimum absolute atomic E-state index is 0.0656. The van der Waals surface area contributed by atoms with Crippen LogP contribution in [-0.4, -0.2) is 30.1 Å². The highest BCUT2D eigenvalue weighted by atomic mass is 16.5. The normalized spacial score (nSPS) is 10.5. The van der Waals surface area contributed by atoms with Crippen molar-refractivity contribution in [3.63, 3.8) is 0 Å². The Morgan fingerprint density at radius 1 is 1.14 bits per heavy atom. The zero-order chi connectivity index (χ0) is 16.4. The van der Waals surface area contributed by atoms with Gasteiger partial charge >= 0.3 is 5.97 Å². The average Bonchev–Trinajstić information content (AvgIpc) is 2.48. The summed E-state index contributed by atoms with van der Waals surface area (Å²) >= 11 is 0. The van der Waals surface area contributed by atoms with Crippen LogP contribution in [0.15, 0.2) is 24.3 Å². The van der Waals surface area contributed by atoms with E-state index in [0.29, 0.717) is 38.3 Å². The number of carboxylic acids is 1. The summed E-state index contributed by atoms with van der Waals surface area (Å²) in [6.45, 7) is 5.15. The molecule has 2 N–H and O–H groups in total. The Morgan fingerprint density at radius 3 is 2.36 bits per heavy atom. The first-order valence-electron chi connectivity index (χ1n) is 7.70. The lowest BCUT2D eigenvalue weighted by Crippen LogP contribution is -2.27. The number of aliphatic carboxylic acids is 1. The molecule has 0 saturated heterocycles. The summed E-state index contributed by atoms with van der Waals surface area (Å²) in [5.74, 6) is 0.399. The molecule has 0 aliphatic rings. The molecule has 1 rings (SSSR count). The number of amides is 1. The molecule has 122 valence electrons. The third-order valence-electron chi connectivity index (χ3n) is 3.28. The van der Waals surface area contributed by atoms with Gasteiger partial charge in [-0.1, -0.05) is 26.0 Å². The Kier molecular flexibility index (Phi) is 8.04. The van der Waals surface area contributed by atoms with Crippen LogP contribution in [-0.2, 0) is 9.59 Å². The molecule has 1 aromatic rings. The number of hydrogen-bond donors (Lipinski definition) is 2. The van der Waals surface area contributed by atoms with Crippen molar-refractivity contribution in [3.8, 4) is 5.75 Å². The van der Waals surface area contributed by atoms with Crippen LogP contribution in [0.1, 0.15) is 51.0 Å². The molecule has 0 atom stereocenters. The molecular formula is C17H25NO4. The van der Waals surface area contributed by atoms with Gasteiger partial charge in [0.05, 0.1) is 6.54 Å². The summed E-state index contributed by atoms with van der Waals surface area (Å²) < 4.78 is 5.56. The predicted molar refractivity (Wildman–Crippen MR) is 85.1 cm³/mol. The third kappa shape index (κ3) is 7.67. The second-order valence-electron chi connectivity index (χ2n) is 5.52. The van der Waals surface area contributed by atoms with Gasteiger partial charge in [0, 0.05) is 12.8 Å². The molecule has 0 fully saturated rings. The van der Waals surface area contributed by atoms with Gasteiger partial charge in [0.25, 0.3) is 0 Å². The van der Waals surface area contributed by atoms with Crippen molar-refractivity contribution in [2.75, 3.05) is 13.2 Å². The quantitative estimate of drug-likeness (QED) is 0.652. The molecule has 0 aromatic heterocycles. The van der Waals surface area contributed by atoms with Crippen LogP contribution in [0.2, 0.25) is 0 Å². The van der Waals surface area contributed by atoms with Crippen molar-refractivity contribution in [2.24, 2.45) is 0 Å². The van der Waals surface area contributed by atoms with E-state index in [0.717, 1.165) is 5.75 Å². The fourth-order valence-electron chi connectivity index (χ4n) is 1.96. The van der Waals surface area contributed by atoms with Crippen molar-refractivity contribution in [3.05, 3.63) is 29.8 Å². The number of hydrogen-bond acceptors (Lipinski definition) is 3. The molecular weight excluding hydrogens is 282 g/mol. The fourth-order valence-corrected chi connectivity index (χ4v) is 1.96. The lowest BCUT2D eigenvalue weighted by molar-refractivity contribution is -0.137. The summed E-state index contributed by atoms with van der Waals surface area (Å²) in [5, 5.41) is 11.2. The maximum absolute atomic E-state index is 11.5. The van der Waals surface area contributed by atoms with E-state index in [1.54, 1.807) is 0 Å². The van der Waals surface area contributed by atoms with Crippen LogP contribution < -0.4 is 10.1 Å². The van der Waals surface area contributed by atoms with E-state index < -0.39 is 5.97 Å². The molecule has 1 aromatic carbocycles. The Labute approximate surface area is 131 Å². The first kappa shape index (κ1) is 18.0. The molecule has 1 amide bonds. The molecule has 0 aliphatic heterocycles. The fraction of sp³-hybridized carbons (Fsp3) is 0.529. The predicted octanol–water partition coefficient (Wildman–Crippen LogP) is 2.95. The van der Waals surface area contributed by atoms with Crippen LogP contribution in [0.4, 0.5) is 0 Å². The second-order valence-corrected chi connectivity index (χ2v) is 5.52. The molecule has 0 bridgehead atoms. The van der Waals surface area contributed by atoms with E-state index in [-0.39, 0.29) is 12.3 Å². The van der Waals surface area contributed by atoms with Gasteiger partial charge in [0.1, 0.15) is 12.4 Å². The van der Waals surface area contributed by atoms with Crippen LogP contribution in [0.25, 0.3) is 0 Å². The van der Waals surface area contributed by atoms with Crippen LogP contribution in [0, 0.1) is 0 Å². The maximum atomic E-state index is 11.5. The molecule has 0 heterocycles. The molecule has 0 spiro atoms. The van der Waals surface area contributed by atoms with Gasteiger partial charge in [-0.15, -0.1) is 0 Å². The highest BCUT2D eigenvalue weighted by molar-refractivity contribution is 5.75. The molecule has 0 radical (unpaired) electrons. The van der Waals surface area contributed by atoms with Gasteiger partial charge < -0.3 is 15.2 Å². The van der Waals surface area contributed by atoms with Gasteiger partial charge in [0.15, 0.2) is 0 Å². The summed E-state index contributed by atoms with van der Waals surface area (Å²) in [5.41, 5.74) is 1.27. The number of nitrogens with one attached hydrogen (secondary N) is 1. The van der Waals surface area contributed by atoms with E-state index in [2.05, 4.69) is 19.2 Å². The second kappa shape index (κ2) is 9.82. The SMILES string of the molecule is CC(C)c1ccc(OCCNC(=O)CCCCC(=O)O)cc1. The van der Waals surface area contributed by atoms with E-state index >= 15 is 0 Å². The summed E-state index contributed by atoms with van der Waals surface area (Å²) in [6, 6.07) is 7.95. The first-order valence-corrected chi connectivity index (χ1v) is 7.70. The summed E-state index contributed by atoms with van der Waals surface area (Å²) in [4.78, 5) is 21.8. The number of ether oxygens (including phenoxy) is 1. The standard InChI is InChI=1S/C17H25NO4/c1-13(2)14-7-9-15(10-8-14)22-12-11-18-16(19)5-3-4-6-17(20)21/h7-10,13H,3-6,11-12H2,1-2H3,(H,18,19)(H,20,21). The van der Waals surface area contributed by atoms with Crippen LogP contribution in [0.3, 0.4) is 0 Å². The minimum atomic E-state index is -0.822. The van der Waals surface area contributed by atoms with Gasteiger partial charge in [-0.2, -0.15) is 0 Å². The largest absolute Gasteiger partial charge is 0.492 e. The van der Waals surface area contributed by atoms with Gasteiger partial charge in [-0.05, 0) is 36.5 Å². The van der Waals surface area contributed by atoms with Crippen molar-refractivity contribution >= 4 is 11.9 Å². The van der Waals surface area contributed by atoms with E-state index in [1.807, 2.05) is 24.3 Å². The third-order valence-corrected chi connectivity index (χ3v) is 3.28. The maximum Gasteiger partial charge on any atom is 0.303 e. The molecule has 0 unspecified atom stereocenters. The lowest BCUT2D eigenvalue weighted by atomic mass is 10.0. The Balaban J connectivity index is 2.11. The van der Waals surface area contributed by atoms with E-state index in [4.69, 9.17) is 9.84 Å². The van der Waals surface area contributed by atoms with Crippen molar-refractivity contribution in [2.45, 2.75) is 45.4 Å². The lowest BCUT2D eigenvalue weighted by Gasteiger charge is -2.09. The molecule has 22 heavy (non-hydrogen) atoms. The number of rotatable bonds is 10. The molecule has 5 nitrogen and oxygen atoms in total. The number of carboxylic acid groups (broad SMARTS) is 1. The van der Waals surface area contributed by atoms with Gasteiger partial charge in [0.2, 0.25) is 5.91 Å². The molecule has 0 saturated carbocycles. The number of carbonyl (C=O) groups is 2. The van der Waals surface area contributed by atoms with Gasteiger partial charge in [-0.25, -0.2) is 0 Å². The smallest absolute Gasteiger partial charge is 0.303 e. The average molecular weight is 307 g/mol. The first-order chi connectivity index (χ1) is 10.5. The van der Waals surface area contributed by atoms with Crippen LogP contribution in [0.5, 0.6) is 5.75 Å². The zero-order valence-electron chi connectivity index (χ0n) is 13.3. The molecule has 5 heteroatoms. The van der Waals surface area contributed by atoms with E-state index in [9.17, 15) is 9.59 Å². The molecule has 0 aliphatic carbocycles. The number of unbranched alkanes of at least 4 members (excludes halogenated alkanes) is 1. The van der Waals surface area contributed by atoms with Crippen molar-refractivity contribution < 1.29 is 19.4 Å². The topological polar surface area (TPSA) is 75.6 Å². The minimum Gasteiger partial charge on any atom is -0.492 e. The highest BCUT2D eigenvalue weighted by Gasteiger charge is 2.03. The van der Waals surface area contributed by atoms with E-state index in [1.165, 1.54) is 5.56 Å². The summed E-state index contributed by atoms with van der Waals surface area (Å²) in [7, 11) is 0. The Morgan fingerprint density at radius 2 is 1.77 bits per heavy atom.